The first kappa shape index (κ1) is 16.3. The minimum absolute atomic E-state index is 0.241. The molecule has 8 heteroatoms. The highest BCUT2D eigenvalue weighted by Crippen LogP contribution is 2.17. The summed E-state index contributed by atoms with van der Waals surface area (Å²) in [6.07, 6.45) is 0. The molecule has 0 radical (unpaired) electrons. The zero-order valence-corrected chi connectivity index (χ0v) is 11.4. The van der Waals surface area contributed by atoms with Gasteiger partial charge in [-0.2, -0.15) is 0 Å². The van der Waals surface area contributed by atoms with E-state index in [0.717, 1.165) is 0 Å². The largest absolute Gasteiger partial charge is 0.482 e. The van der Waals surface area contributed by atoms with E-state index in [-0.39, 0.29) is 13.2 Å². The van der Waals surface area contributed by atoms with Gasteiger partial charge >= 0.3 is 18.0 Å². The van der Waals surface area contributed by atoms with E-state index in [4.69, 9.17) is 9.84 Å². The fraction of sp³-hybridized carbons (Fsp3) is 0.308. The highest BCUT2D eigenvalue weighted by atomic mass is 16.5. The molecule has 114 valence electrons. The van der Waals surface area contributed by atoms with Crippen molar-refractivity contribution in [2.75, 3.05) is 25.1 Å². The number of amides is 2. The van der Waals surface area contributed by atoms with Crippen molar-refractivity contribution in [2.24, 2.45) is 0 Å². The second kappa shape index (κ2) is 8.41. The summed E-state index contributed by atoms with van der Waals surface area (Å²) >= 11 is 0. The van der Waals surface area contributed by atoms with E-state index < -0.39 is 24.6 Å². The first-order valence-corrected chi connectivity index (χ1v) is 6.16. The Morgan fingerprint density at radius 2 is 2.05 bits per heavy atom. The molecular formula is C13H16N2O6. The van der Waals surface area contributed by atoms with Crippen molar-refractivity contribution in [3.8, 4) is 5.75 Å². The smallest absolute Gasteiger partial charge is 0.341 e. The first-order valence-electron chi connectivity index (χ1n) is 6.16. The number of urea groups is 1. The third kappa shape index (κ3) is 6.81. The quantitative estimate of drug-likeness (QED) is 0.642. The van der Waals surface area contributed by atoms with Crippen LogP contribution >= 0.6 is 0 Å². The first-order chi connectivity index (χ1) is 10.0. The van der Waals surface area contributed by atoms with Crippen molar-refractivity contribution < 1.29 is 29.0 Å². The predicted octanol–water partition coefficient (Wildman–Crippen LogP) is 0.835. The van der Waals surface area contributed by atoms with Gasteiger partial charge in [-0.3, -0.25) is 4.79 Å². The second-order valence-electron chi connectivity index (χ2n) is 3.82. The molecule has 1 rings (SSSR count). The molecule has 0 aliphatic heterocycles. The van der Waals surface area contributed by atoms with Crippen molar-refractivity contribution in [1.82, 2.24) is 5.32 Å². The van der Waals surface area contributed by atoms with Crippen LogP contribution in [0.25, 0.3) is 0 Å². The molecule has 0 aromatic heterocycles. The van der Waals surface area contributed by atoms with Gasteiger partial charge in [-0.1, -0.05) is 6.07 Å². The summed E-state index contributed by atoms with van der Waals surface area (Å²) < 4.78 is 9.63. The number of nitrogens with one attached hydrogen (secondary N) is 2. The van der Waals surface area contributed by atoms with Crippen LogP contribution in [0.15, 0.2) is 24.3 Å². The minimum atomic E-state index is -1.10. The summed E-state index contributed by atoms with van der Waals surface area (Å²) in [6.45, 7) is 1.19. The molecule has 21 heavy (non-hydrogen) atoms. The van der Waals surface area contributed by atoms with Crippen LogP contribution in [0.2, 0.25) is 0 Å². The van der Waals surface area contributed by atoms with Gasteiger partial charge in [-0.25, -0.2) is 9.59 Å². The number of hydrogen-bond donors (Lipinski definition) is 3. The van der Waals surface area contributed by atoms with Crippen LogP contribution in [-0.2, 0) is 14.3 Å². The van der Waals surface area contributed by atoms with Crippen LogP contribution in [0, 0.1) is 0 Å². The lowest BCUT2D eigenvalue weighted by atomic mass is 10.3. The fourth-order valence-electron chi connectivity index (χ4n) is 1.35. The van der Waals surface area contributed by atoms with Crippen molar-refractivity contribution in [3.63, 3.8) is 0 Å². The third-order valence-electron chi connectivity index (χ3n) is 2.15. The number of rotatable bonds is 7. The zero-order valence-electron chi connectivity index (χ0n) is 11.4. The van der Waals surface area contributed by atoms with E-state index in [1.54, 1.807) is 25.1 Å². The van der Waals surface area contributed by atoms with Gasteiger partial charge in [-0.05, 0) is 19.1 Å². The maximum Gasteiger partial charge on any atom is 0.341 e. The molecule has 0 aliphatic rings. The van der Waals surface area contributed by atoms with Gasteiger partial charge < -0.3 is 25.2 Å². The second-order valence-corrected chi connectivity index (χ2v) is 3.82. The van der Waals surface area contributed by atoms with Gasteiger partial charge in [0.2, 0.25) is 0 Å². The van der Waals surface area contributed by atoms with Gasteiger partial charge in [0.05, 0.1) is 6.61 Å². The average Bonchev–Trinajstić information content (AvgIpc) is 2.44. The highest BCUT2D eigenvalue weighted by Gasteiger charge is 2.07. The molecule has 0 spiro atoms. The summed E-state index contributed by atoms with van der Waals surface area (Å²) in [5.41, 5.74) is 0.402. The molecule has 0 saturated carbocycles. The molecule has 0 saturated heterocycles. The Labute approximate surface area is 121 Å². The summed E-state index contributed by atoms with van der Waals surface area (Å²) in [5, 5.41) is 13.3. The van der Waals surface area contributed by atoms with Crippen LogP contribution in [0.3, 0.4) is 0 Å². The van der Waals surface area contributed by atoms with Gasteiger partial charge in [0, 0.05) is 11.8 Å². The number of hydrogen-bond acceptors (Lipinski definition) is 5. The molecule has 0 unspecified atom stereocenters. The van der Waals surface area contributed by atoms with Gasteiger partial charge in [0.1, 0.15) is 12.3 Å². The van der Waals surface area contributed by atoms with E-state index in [1.165, 1.54) is 6.07 Å². The molecule has 0 aliphatic carbocycles. The van der Waals surface area contributed by atoms with Gasteiger partial charge in [0.15, 0.2) is 6.61 Å². The van der Waals surface area contributed by atoms with E-state index in [9.17, 15) is 14.4 Å². The Morgan fingerprint density at radius 1 is 1.29 bits per heavy atom. The van der Waals surface area contributed by atoms with Crippen LogP contribution in [-0.4, -0.2) is 42.8 Å². The Bertz CT molecular complexity index is 517. The van der Waals surface area contributed by atoms with E-state index in [0.29, 0.717) is 11.4 Å². The van der Waals surface area contributed by atoms with Crippen molar-refractivity contribution in [1.29, 1.82) is 0 Å². The molecular weight excluding hydrogens is 280 g/mol. The Morgan fingerprint density at radius 3 is 2.71 bits per heavy atom. The minimum Gasteiger partial charge on any atom is -0.482 e. The Balaban J connectivity index is 2.46. The molecule has 0 fully saturated rings. The SMILES string of the molecule is CCOC(=O)CNC(=O)Nc1cccc(OCC(=O)O)c1. The Kier molecular flexibility index (Phi) is 6.52. The number of carbonyl (C=O) groups excluding carboxylic acids is 2. The van der Waals surface area contributed by atoms with Crippen molar-refractivity contribution in [2.45, 2.75) is 6.92 Å². The topological polar surface area (TPSA) is 114 Å². The van der Waals surface area contributed by atoms with E-state index >= 15 is 0 Å². The highest BCUT2D eigenvalue weighted by molar-refractivity contribution is 5.91. The van der Waals surface area contributed by atoms with Gasteiger partial charge in [0.25, 0.3) is 0 Å². The maximum absolute atomic E-state index is 11.5. The van der Waals surface area contributed by atoms with Crippen molar-refractivity contribution in [3.05, 3.63) is 24.3 Å². The normalized spacial score (nSPS) is 9.57. The Hall–Kier alpha value is -2.77. The van der Waals surface area contributed by atoms with Crippen molar-refractivity contribution >= 4 is 23.7 Å². The number of carbonyl (C=O) groups is 3. The lowest BCUT2D eigenvalue weighted by Gasteiger charge is -2.09. The lowest BCUT2D eigenvalue weighted by Crippen LogP contribution is -2.34. The molecule has 0 heterocycles. The lowest BCUT2D eigenvalue weighted by molar-refractivity contribution is -0.142. The number of ether oxygens (including phenoxy) is 2. The monoisotopic (exact) mass is 296 g/mol. The zero-order chi connectivity index (χ0) is 15.7. The van der Waals surface area contributed by atoms with Crippen LogP contribution in [0.5, 0.6) is 5.75 Å². The molecule has 8 nitrogen and oxygen atoms in total. The number of anilines is 1. The predicted molar refractivity (Wildman–Crippen MR) is 73.2 cm³/mol. The van der Waals surface area contributed by atoms with Crippen LogP contribution < -0.4 is 15.4 Å². The summed E-state index contributed by atoms with van der Waals surface area (Å²) in [6, 6.07) is 5.63. The number of benzene rings is 1. The number of esters is 1. The standard InChI is InChI=1S/C13H16N2O6/c1-2-20-12(18)7-14-13(19)15-9-4-3-5-10(6-9)21-8-11(16)17/h3-6H,2,7-8H2,1H3,(H,16,17)(H2,14,15,19). The molecule has 1 aromatic rings. The number of carboxylic acids is 1. The third-order valence-corrected chi connectivity index (χ3v) is 2.15. The van der Waals surface area contributed by atoms with Gasteiger partial charge in [-0.15, -0.1) is 0 Å². The summed E-state index contributed by atoms with van der Waals surface area (Å²) in [5.74, 6) is -1.33. The molecule has 3 N–H and O–H groups in total. The number of carboxylic acid groups (broad SMARTS) is 1. The average molecular weight is 296 g/mol. The molecule has 1 aromatic carbocycles. The van der Waals surface area contributed by atoms with E-state index in [1.807, 2.05) is 0 Å². The summed E-state index contributed by atoms with van der Waals surface area (Å²) in [4.78, 5) is 33.0. The van der Waals surface area contributed by atoms with Crippen LogP contribution in [0.1, 0.15) is 6.92 Å². The maximum atomic E-state index is 11.5. The van der Waals surface area contributed by atoms with E-state index in [2.05, 4.69) is 15.4 Å². The number of aliphatic carboxylic acids is 1. The summed E-state index contributed by atoms with van der Waals surface area (Å²) in [7, 11) is 0. The fourth-order valence-corrected chi connectivity index (χ4v) is 1.35. The molecule has 0 bridgehead atoms. The molecule has 0 atom stereocenters. The van der Waals surface area contributed by atoms with Crippen LogP contribution in [0.4, 0.5) is 10.5 Å². The molecule has 2 amide bonds.